The highest BCUT2D eigenvalue weighted by Crippen LogP contribution is 2.49. The minimum Gasteiger partial charge on any atom is -0.487 e. The van der Waals surface area contributed by atoms with Crippen LogP contribution < -0.4 is 15.8 Å². The molecule has 2 atom stereocenters. The van der Waals surface area contributed by atoms with E-state index >= 15 is 0 Å². The van der Waals surface area contributed by atoms with Crippen molar-refractivity contribution in [1.82, 2.24) is 15.0 Å². The van der Waals surface area contributed by atoms with Gasteiger partial charge in [0.15, 0.2) is 0 Å². The number of para-hydroxylation sites is 1. The van der Waals surface area contributed by atoms with Gasteiger partial charge in [-0.05, 0) is 30.2 Å². The number of ether oxygens (including phenoxy) is 2. The Bertz CT molecular complexity index is 1060. The van der Waals surface area contributed by atoms with Gasteiger partial charge in [-0.25, -0.2) is 4.68 Å². The zero-order valence-electron chi connectivity index (χ0n) is 16.0. The topological polar surface area (TPSA) is 87.2 Å². The second kappa shape index (κ2) is 6.93. The van der Waals surface area contributed by atoms with E-state index in [4.69, 9.17) is 15.2 Å². The van der Waals surface area contributed by atoms with Gasteiger partial charge in [0.1, 0.15) is 18.1 Å². The number of anilines is 2. The normalized spacial score (nSPS) is 23.0. The third-order valence-electron chi connectivity index (χ3n) is 5.73. The number of hydrogen-bond acceptors (Lipinski definition) is 6. The van der Waals surface area contributed by atoms with Crippen molar-refractivity contribution in [3.63, 3.8) is 0 Å². The van der Waals surface area contributed by atoms with Crippen LogP contribution in [0.4, 0.5) is 11.4 Å². The summed E-state index contributed by atoms with van der Waals surface area (Å²) in [7, 11) is 0. The number of nitrogens with two attached hydrogens (primary N) is 1. The molecule has 148 valence electrons. The van der Waals surface area contributed by atoms with Gasteiger partial charge in [0.2, 0.25) is 0 Å². The van der Waals surface area contributed by atoms with Gasteiger partial charge < -0.3 is 20.5 Å². The standard InChI is InChI=1S/C22H23N5O2/c1-15-22(20-7-2-3-8-21(20)24-15)10-18(13-28-14-22)27-11-17(25-26-27)12-29-19-6-4-5-16(23)9-19/h2-9,11,18,24H,1,10,12-14,23H2. The van der Waals surface area contributed by atoms with Crippen molar-refractivity contribution in [2.75, 3.05) is 24.3 Å². The Labute approximate surface area is 169 Å². The molecule has 1 spiro atoms. The van der Waals surface area contributed by atoms with Crippen molar-refractivity contribution in [3.05, 3.63) is 78.3 Å². The fourth-order valence-corrected chi connectivity index (χ4v) is 4.23. The van der Waals surface area contributed by atoms with Gasteiger partial charge in [0, 0.05) is 23.1 Å². The lowest BCUT2D eigenvalue weighted by Crippen LogP contribution is -2.41. The highest BCUT2D eigenvalue weighted by molar-refractivity contribution is 5.68. The summed E-state index contributed by atoms with van der Waals surface area (Å²) in [5.41, 5.74) is 10.3. The molecule has 3 aromatic rings. The van der Waals surface area contributed by atoms with E-state index in [1.165, 1.54) is 5.56 Å². The molecule has 0 amide bonds. The first-order chi connectivity index (χ1) is 14.1. The van der Waals surface area contributed by atoms with E-state index in [0.29, 0.717) is 31.3 Å². The summed E-state index contributed by atoms with van der Waals surface area (Å²) in [4.78, 5) is 0. The summed E-state index contributed by atoms with van der Waals surface area (Å²) in [5.74, 6) is 0.712. The van der Waals surface area contributed by atoms with Crippen molar-refractivity contribution in [3.8, 4) is 5.75 Å². The van der Waals surface area contributed by atoms with Crippen LogP contribution in [-0.2, 0) is 16.8 Å². The van der Waals surface area contributed by atoms with Crippen LogP contribution >= 0.6 is 0 Å². The molecule has 2 aliphatic rings. The molecule has 29 heavy (non-hydrogen) atoms. The molecular formula is C22H23N5O2. The van der Waals surface area contributed by atoms with Crippen molar-refractivity contribution >= 4 is 11.4 Å². The summed E-state index contributed by atoms with van der Waals surface area (Å²) in [6.45, 7) is 5.83. The maximum Gasteiger partial charge on any atom is 0.134 e. The van der Waals surface area contributed by atoms with Crippen LogP contribution in [0.5, 0.6) is 5.75 Å². The van der Waals surface area contributed by atoms with E-state index < -0.39 is 0 Å². The Kier molecular flexibility index (Phi) is 4.24. The molecule has 0 saturated carbocycles. The molecule has 1 fully saturated rings. The molecule has 3 N–H and O–H groups in total. The summed E-state index contributed by atoms with van der Waals surface area (Å²) in [5, 5.41) is 12.0. The smallest absolute Gasteiger partial charge is 0.134 e. The first kappa shape index (κ1) is 17.8. The summed E-state index contributed by atoms with van der Waals surface area (Å²) in [6, 6.07) is 15.7. The van der Waals surface area contributed by atoms with E-state index in [2.05, 4.69) is 40.4 Å². The van der Waals surface area contributed by atoms with Crippen molar-refractivity contribution in [2.45, 2.75) is 24.5 Å². The molecule has 1 aromatic heterocycles. The predicted octanol–water partition coefficient (Wildman–Crippen LogP) is 3.28. The number of nitrogen functional groups attached to an aromatic ring is 1. The molecule has 0 bridgehead atoms. The molecule has 0 radical (unpaired) electrons. The Hall–Kier alpha value is -3.32. The fourth-order valence-electron chi connectivity index (χ4n) is 4.23. The van der Waals surface area contributed by atoms with Crippen LogP contribution in [0.25, 0.3) is 0 Å². The first-order valence-electron chi connectivity index (χ1n) is 9.67. The zero-order valence-corrected chi connectivity index (χ0v) is 16.0. The second-order valence-corrected chi connectivity index (χ2v) is 7.66. The quantitative estimate of drug-likeness (QED) is 0.666. The summed E-state index contributed by atoms with van der Waals surface area (Å²) >= 11 is 0. The largest absolute Gasteiger partial charge is 0.487 e. The molecule has 2 unspecified atom stereocenters. The van der Waals surface area contributed by atoms with Crippen molar-refractivity contribution in [2.24, 2.45) is 0 Å². The van der Waals surface area contributed by atoms with Gasteiger partial charge in [-0.2, -0.15) is 0 Å². The van der Waals surface area contributed by atoms with E-state index in [1.807, 2.05) is 35.1 Å². The molecular weight excluding hydrogens is 366 g/mol. The predicted molar refractivity (Wildman–Crippen MR) is 111 cm³/mol. The number of nitrogens with one attached hydrogen (secondary N) is 1. The number of nitrogens with zero attached hydrogens (tertiary/aromatic N) is 3. The molecule has 7 heteroatoms. The van der Waals surface area contributed by atoms with Crippen molar-refractivity contribution < 1.29 is 9.47 Å². The highest BCUT2D eigenvalue weighted by atomic mass is 16.5. The molecule has 0 aliphatic carbocycles. The molecule has 5 rings (SSSR count). The van der Waals surface area contributed by atoms with Gasteiger partial charge in [0.25, 0.3) is 0 Å². The van der Waals surface area contributed by atoms with Crippen LogP contribution in [0, 0.1) is 0 Å². The monoisotopic (exact) mass is 389 g/mol. The average molecular weight is 389 g/mol. The van der Waals surface area contributed by atoms with Gasteiger partial charge in [-0.3, -0.25) is 0 Å². The van der Waals surface area contributed by atoms with Crippen LogP contribution in [0.2, 0.25) is 0 Å². The maximum absolute atomic E-state index is 6.02. The Morgan fingerprint density at radius 3 is 3.07 bits per heavy atom. The second-order valence-electron chi connectivity index (χ2n) is 7.66. The lowest BCUT2D eigenvalue weighted by Gasteiger charge is -2.38. The zero-order chi connectivity index (χ0) is 19.8. The Morgan fingerprint density at radius 2 is 2.17 bits per heavy atom. The number of aromatic nitrogens is 3. The molecule has 2 aliphatic heterocycles. The van der Waals surface area contributed by atoms with E-state index in [-0.39, 0.29) is 11.5 Å². The first-order valence-corrected chi connectivity index (χ1v) is 9.67. The van der Waals surface area contributed by atoms with Crippen LogP contribution in [-0.4, -0.2) is 28.2 Å². The van der Waals surface area contributed by atoms with E-state index in [9.17, 15) is 0 Å². The lowest BCUT2D eigenvalue weighted by atomic mass is 9.74. The molecule has 1 saturated heterocycles. The number of fused-ring (bicyclic) bond motifs is 2. The summed E-state index contributed by atoms with van der Waals surface area (Å²) in [6.07, 6.45) is 2.78. The molecule has 2 aromatic carbocycles. The molecule has 7 nitrogen and oxygen atoms in total. The van der Waals surface area contributed by atoms with E-state index in [1.54, 1.807) is 6.07 Å². The number of hydrogen-bond donors (Lipinski definition) is 2. The minimum atomic E-state index is -0.246. The van der Waals surface area contributed by atoms with Gasteiger partial charge in [0.05, 0.1) is 30.9 Å². The third-order valence-corrected chi connectivity index (χ3v) is 5.73. The van der Waals surface area contributed by atoms with Crippen LogP contribution in [0.1, 0.15) is 23.7 Å². The highest BCUT2D eigenvalue weighted by Gasteiger charge is 2.47. The number of rotatable bonds is 4. The fraction of sp³-hybridized carbons (Fsp3) is 0.273. The maximum atomic E-state index is 6.02. The van der Waals surface area contributed by atoms with Gasteiger partial charge in [-0.1, -0.05) is 36.1 Å². The Balaban J connectivity index is 1.33. The molecule has 3 heterocycles. The van der Waals surface area contributed by atoms with Gasteiger partial charge >= 0.3 is 0 Å². The lowest BCUT2D eigenvalue weighted by molar-refractivity contribution is 0.0125. The van der Waals surface area contributed by atoms with Crippen molar-refractivity contribution in [1.29, 1.82) is 0 Å². The SMILES string of the molecule is C=C1Nc2ccccc2C12COCC(n1cc(COc3cccc(N)c3)nn1)C2. The minimum absolute atomic E-state index is 0.0714. The third kappa shape index (κ3) is 3.13. The van der Waals surface area contributed by atoms with Crippen LogP contribution in [0.3, 0.4) is 0 Å². The average Bonchev–Trinajstić information content (AvgIpc) is 3.31. The van der Waals surface area contributed by atoms with Gasteiger partial charge in [-0.15, -0.1) is 5.10 Å². The Morgan fingerprint density at radius 1 is 1.28 bits per heavy atom. The van der Waals surface area contributed by atoms with Crippen LogP contribution in [0.15, 0.2) is 67.0 Å². The van der Waals surface area contributed by atoms with E-state index in [0.717, 1.165) is 23.5 Å². The summed E-state index contributed by atoms with van der Waals surface area (Å²) < 4.78 is 13.7. The number of benzene rings is 2.